The molecule has 3 rings (SSSR count). The first-order valence-corrected chi connectivity index (χ1v) is 7.60. The zero-order valence-electron chi connectivity index (χ0n) is 12.1. The third-order valence-electron chi connectivity index (χ3n) is 4.36. The monoisotopic (exact) mass is 277 g/mol. The largest absolute Gasteiger partial charge is 0.341 e. The van der Waals surface area contributed by atoms with Gasteiger partial charge in [0.05, 0.1) is 13.1 Å². The van der Waals surface area contributed by atoms with Crippen LogP contribution >= 0.6 is 0 Å². The van der Waals surface area contributed by atoms with E-state index in [0.717, 1.165) is 44.7 Å². The standard InChI is InChI=1S/C14H23N5O/c1-11-3-2-6-18(8-11)14(20)7-15-12-4-5-13-16-10-17-19(13)9-12/h10-12,15H,2-9H2,1H3/t11-,12-/m1/s1. The van der Waals surface area contributed by atoms with Crippen LogP contribution < -0.4 is 5.32 Å². The maximum absolute atomic E-state index is 12.2. The Labute approximate surface area is 119 Å². The molecule has 0 saturated carbocycles. The van der Waals surface area contributed by atoms with E-state index in [9.17, 15) is 4.79 Å². The molecule has 2 aliphatic heterocycles. The van der Waals surface area contributed by atoms with Crippen molar-refractivity contribution in [1.29, 1.82) is 0 Å². The van der Waals surface area contributed by atoms with Crippen molar-refractivity contribution in [2.45, 2.75) is 45.2 Å². The van der Waals surface area contributed by atoms with Gasteiger partial charge in [0.15, 0.2) is 0 Å². The minimum Gasteiger partial charge on any atom is -0.341 e. The second-order valence-corrected chi connectivity index (χ2v) is 6.06. The minimum absolute atomic E-state index is 0.237. The molecule has 20 heavy (non-hydrogen) atoms. The third-order valence-corrected chi connectivity index (χ3v) is 4.36. The molecular weight excluding hydrogens is 254 g/mol. The van der Waals surface area contributed by atoms with E-state index in [2.05, 4.69) is 22.3 Å². The van der Waals surface area contributed by atoms with Crippen molar-refractivity contribution in [2.24, 2.45) is 5.92 Å². The lowest BCUT2D eigenvalue weighted by Crippen LogP contribution is -2.47. The van der Waals surface area contributed by atoms with E-state index in [1.807, 2.05) is 9.58 Å². The molecule has 2 atom stereocenters. The Morgan fingerprint density at radius 2 is 2.35 bits per heavy atom. The summed E-state index contributed by atoms with van der Waals surface area (Å²) in [6.45, 7) is 5.32. The van der Waals surface area contributed by atoms with Crippen LogP contribution in [0.5, 0.6) is 0 Å². The number of aromatic nitrogens is 3. The van der Waals surface area contributed by atoms with Gasteiger partial charge in [-0.1, -0.05) is 6.92 Å². The van der Waals surface area contributed by atoms with Crippen molar-refractivity contribution >= 4 is 5.91 Å². The fourth-order valence-corrected chi connectivity index (χ4v) is 3.16. The molecule has 1 N–H and O–H groups in total. The summed E-state index contributed by atoms with van der Waals surface area (Å²) in [6.07, 6.45) is 5.96. The Balaban J connectivity index is 1.47. The Morgan fingerprint density at radius 1 is 1.45 bits per heavy atom. The molecule has 6 nitrogen and oxygen atoms in total. The smallest absolute Gasteiger partial charge is 0.236 e. The number of likely N-dealkylation sites (tertiary alicyclic amines) is 1. The Hall–Kier alpha value is -1.43. The highest BCUT2D eigenvalue weighted by atomic mass is 16.2. The second kappa shape index (κ2) is 5.91. The SMILES string of the molecule is C[C@@H]1CCCN(C(=O)CN[C@@H]2CCc3ncnn3C2)C1. The molecule has 1 amide bonds. The predicted molar refractivity (Wildman–Crippen MR) is 75.1 cm³/mol. The Morgan fingerprint density at radius 3 is 3.20 bits per heavy atom. The molecule has 2 aliphatic rings. The zero-order chi connectivity index (χ0) is 13.9. The van der Waals surface area contributed by atoms with Crippen molar-refractivity contribution < 1.29 is 4.79 Å². The first-order valence-electron chi connectivity index (χ1n) is 7.60. The lowest BCUT2D eigenvalue weighted by molar-refractivity contribution is -0.132. The summed E-state index contributed by atoms with van der Waals surface area (Å²) in [5.74, 6) is 1.93. The number of nitrogens with one attached hydrogen (secondary N) is 1. The molecule has 1 aromatic heterocycles. The molecule has 1 saturated heterocycles. The van der Waals surface area contributed by atoms with Crippen LogP contribution in [0.25, 0.3) is 0 Å². The Bertz CT molecular complexity index is 472. The quantitative estimate of drug-likeness (QED) is 0.871. The maximum Gasteiger partial charge on any atom is 0.236 e. The molecule has 0 aliphatic carbocycles. The lowest BCUT2D eigenvalue weighted by Gasteiger charge is -2.32. The van der Waals surface area contributed by atoms with Gasteiger partial charge in [0.1, 0.15) is 12.2 Å². The second-order valence-electron chi connectivity index (χ2n) is 6.06. The molecule has 3 heterocycles. The summed E-state index contributed by atoms with van der Waals surface area (Å²) in [7, 11) is 0. The van der Waals surface area contributed by atoms with Crippen molar-refractivity contribution in [2.75, 3.05) is 19.6 Å². The van der Waals surface area contributed by atoms with E-state index in [-0.39, 0.29) is 5.91 Å². The van der Waals surface area contributed by atoms with Gasteiger partial charge < -0.3 is 10.2 Å². The van der Waals surface area contributed by atoms with Gasteiger partial charge in [0.2, 0.25) is 5.91 Å². The van der Waals surface area contributed by atoms with Gasteiger partial charge in [-0.25, -0.2) is 9.67 Å². The molecule has 0 aromatic carbocycles. The first-order chi connectivity index (χ1) is 9.72. The fourth-order valence-electron chi connectivity index (χ4n) is 3.16. The number of hydrogen-bond donors (Lipinski definition) is 1. The van der Waals surface area contributed by atoms with Gasteiger partial charge in [0, 0.05) is 25.6 Å². The highest BCUT2D eigenvalue weighted by Gasteiger charge is 2.23. The average Bonchev–Trinajstić information content (AvgIpc) is 2.92. The molecule has 1 aromatic rings. The number of nitrogens with zero attached hydrogens (tertiary/aromatic N) is 4. The summed E-state index contributed by atoms with van der Waals surface area (Å²) in [5.41, 5.74) is 0. The number of hydrogen-bond acceptors (Lipinski definition) is 4. The topological polar surface area (TPSA) is 63.1 Å². The predicted octanol–water partition coefficient (Wildman–Crippen LogP) is 0.441. The van der Waals surface area contributed by atoms with Gasteiger partial charge >= 0.3 is 0 Å². The molecule has 0 unspecified atom stereocenters. The van der Waals surface area contributed by atoms with E-state index in [0.29, 0.717) is 18.5 Å². The number of amides is 1. The number of fused-ring (bicyclic) bond motifs is 1. The highest BCUT2D eigenvalue weighted by Crippen LogP contribution is 2.15. The van der Waals surface area contributed by atoms with E-state index >= 15 is 0 Å². The number of carbonyl (C=O) groups is 1. The van der Waals surface area contributed by atoms with Crippen LogP contribution in [0.15, 0.2) is 6.33 Å². The van der Waals surface area contributed by atoms with E-state index < -0.39 is 0 Å². The molecule has 0 spiro atoms. The number of aryl methyl sites for hydroxylation is 1. The van der Waals surface area contributed by atoms with Gasteiger partial charge in [-0.3, -0.25) is 4.79 Å². The summed E-state index contributed by atoms with van der Waals surface area (Å²) in [6, 6.07) is 0.329. The summed E-state index contributed by atoms with van der Waals surface area (Å²) in [4.78, 5) is 18.4. The maximum atomic E-state index is 12.2. The Kier molecular flexibility index (Phi) is 4.00. The normalized spacial score (nSPS) is 26.4. The van der Waals surface area contributed by atoms with Gasteiger partial charge in [-0.15, -0.1) is 0 Å². The molecule has 0 bridgehead atoms. The molecule has 6 heteroatoms. The summed E-state index contributed by atoms with van der Waals surface area (Å²) in [5, 5.41) is 7.59. The van der Waals surface area contributed by atoms with Crippen LogP contribution in [-0.2, 0) is 17.8 Å². The minimum atomic E-state index is 0.237. The van der Waals surface area contributed by atoms with Crippen LogP contribution in [0.4, 0.5) is 0 Å². The number of carbonyl (C=O) groups excluding carboxylic acids is 1. The van der Waals surface area contributed by atoms with Crippen LogP contribution in [0.3, 0.4) is 0 Å². The van der Waals surface area contributed by atoms with Gasteiger partial charge in [-0.05, 0) is 25.2 Å². The molecule has 1 fully saturated rings. The van der Waals surface area contributed by atoms with Crippen LogP contribution in [0, 0.1) is 5.92 Å². The van der Waals surface area contributed by atoms with Crippen LogP contribution in [-0.4, -0.2) is 51.2 Å². The highest BCUT2D eigenvalue weighted by molar-refractivity contribution is 5.78. The van der Waals surface area contributed by atoms with Crippen LogP contribution in [0.2, 0.25) is 0 Å². The van der Waals surface area contributed by atoms with Crippen molar-refractivity contribution in [3.8, 4) is 0 Å². The first kappa shape index (κ1) is 13.5. The van der Waals surface area contributed by atoms with Crippen molar-refractivity contribution in [3.05, 3.63) is 12.2 Å². The third kappa shape index (κ3) is 3.00. The van der Waals surface area contributed by atoms with E-state index in [4.69, 9.17) is 0 Å². The lowest BCUT2D eigenvalue weighted by atomic mass is 10.0. The fraction of sp³-hybridized carbons (Fsp3) is 0.786. The molecule has 110 valence electrons. The average molecular weight is 277 g/mol. The van der Waals surface area contributed by atoms with Crippen molar-refractivity contribution in [1.82, 2.24) is 25.0 Å². The van der Waals surface area contributed by atoms with E-state index in [1.165, 1.54) is 6.42 Å². The summed E-state index contributed by atoms with van der Waals surface area (Å²) >= 11 is 0. The van der Waals surface area contributed by atoms with Gasteiger partial charge in [0.25, 0.3) is 0 Å². The number of rotatable bonds is 3. The van der Waals surface area contributed by atoms with Crippen molar-refractivity contribution in [3.63, 3.8) is 0 Å². The van der Waals surface area contributed by atoms with Gasteiger partial charge in [-0.2, -0.15) is 5.10 Å². The molecular formula is C14H23N5O. The number of piperidine rings is 1. The summed E-state index contributed by atoms with van der Waals surface area (Å²) < 4.78 is 1.94. The van der Waals surface area contributed by atoms with Crippen LogP contribution in [0.1, 0.15) is 32.0 Å². The molecule has 0 radical (unpaired) electrons. The zero-order valence-corrected chi connectivity index (χ0v) is 12.1. The van der Waals surface area contributed by atoms with E-state index in [1.54, 1.807) is 6.33 Å².